The summed E-state index contributed by atoms with van der Waals surface area (Å²) in [5, 5.41) is 9.38. The normalized spacial score (nSPS) is 11.2. The lowest BCUT2D eigenvalue weighted by Gasteiger charge is -2.29. The van der Waals surface area contributed by atoms with Gasteiger partial charge in [0.1, 0.15) is 0 Å². The molecule has 1 aromatic carbocycles. The topological polar surface area (TPSA) is 57.6 Å². The highest BCUT2D eigenvalue weighted by Gasteiger charge is 2.27. The summed E-state index contributed by atoms with van der Waals surface area (Å²) < 4.78 is 0. The number of hydrogen-bond donors (Lipinski definition) is 1. The summed E-state index contributed by atoms with van der Waals surface area (Å²) in [7, 11) is 0. The molecule has 0 bridgehead atoms. The van der Waals surface area contributed by atoms with Crippen LogP contribution in [-0.2, 0) is 16.1 Å². The maximum atomic E-state index is 12.4. The monoisotopic (exact) mass is 297 g/mol. The van der Waals surface area contributed by atoms with E-state index in [1.165, 1.54) is 0 Å². The van der Waals surface area contributed by atoms with Crippen molar-refractivity contribution in [2.24, 2.45) is 5.41 Å². The second kappa shape index (κ2) is 6.75. The van der Waals surface area contributed by atoms with Gasteiger partial charge in [0, 0.05) is 23.5 Å². The number of aliphatic carboxylic acids is 1. The van der Waals surface area contributed by atoms with Crippen LogP contribution in [0.25, 0.3) is 0 Å². The molecule has 110 valence electrons. The summed E-state index contributed by atoms with van der Waals surface area (Å²) in [6, 6.07) is 7.26. The van der Waals surface area contributed by atoms with Gasteiger partial charge in [-0.25, -0.2) is 0 Å². The third-order valence-corrected chi connectivity index (χ3v) is 3.21. The molecule has 5 heteroatoms. The smallest absolute Gasteiger partial charge is 0.305 e. The summed E-state index contributed by atoms with van der Waals surface area (Å²) in [6.45, 7) is 5.95. The third kappa shape index (κ3) is 4.85. The Morgan fingerprint density at radius 3 is 2.35 bits per heavy atom. The fourth-order valence-corrected chi connectivity index (χ4v) is 1.99. The fraction of sp³-hybridized carbons (Fsp3) is 0.467. The minimum atomic E-state index is -0.920. The van der Waals surface area contributed by atoms with Gasteiger partial charge in [-0.2, -0.15) is 0 Å². The van der Waals surface area contributed by atoms with Crippen molar-refractivity contribution in [2.75, 3.05) is 6.54 Å². The molecule has 0 atom stereocenters. The fourth-order valence-electron chi connectivity index (χ4n) is 1.79. The van der Waals surface area contributed by atoms with E-state index in [0.29, 0.717) is 11.6 Å². The van der Waals surface area contributed by atoms with Crippen LogP contribution in [0.3, 0.4) is 0 Å². The molecule has 20 heavy (non-hydrogen) atoms. The number of carbonyl (C=O) groups is 2. The Labute approximate surface area is 124 Å². The van der Waals surface area contributed by atoms with Gasteiger partial charge in [0.05, 0.1) is 6.42 Å². The van der Waals surface area contributed by atoms with Crippen LogP contribution in [0.5, 0.6) is 0 Å². The summed E-state index contributed by atoms with van der Waals surface area (Å²) in [4.78, 5) is 24.7. The Morgan fingerprint density at radius 2 is 1.85 bits per heavy atom. The van der Waals surface area contributed by atoms with Gasteiger partial charge in [-0.3, -0.25) is 9.59 Å². The second-order valence-corrected chi connectivity index (χ2v) is 6.12. The van der Waals surface area contributed by atoms with Gasteiger partial charge >= 0.3 is 5.97 Å². The Hall–Kier alpha value is -1.55. The first-order valence-corrected chi connectivity index (χ1v) is 6.84. The Bertz CT molecular complexity index is 494. The van der Waals surface area contributed by atoms with E-state index in [1.807, 2.05) is 39.0 Å². The van der Waals surface area contributed by atoms with Crippen molar-refractivity contribution < 1.29 is 14.7 Å². The van der Waals surface area contributed by atoms with E-state index in [9.17, 15) is 9.59 Å². The number of carboxylic acids is 1. The van der Waals surface area contributed by atoms with E-state index in [1.54, 1.807) is 11.0 Å². The van der Waals surface area contributed by atoms with Gasteiger partial charge < -0.3 is 10.0 Å². The minimum absolute atomic E-state index is 0.0771. The van der Waals surface area contributed by atoms with Crippen molar-refractivity contribution in [1.82, 2.24) is 4.90 Å². The zero-order chi connectivity index (χ0) is 15.3. The molecule has 0 unspecified atom stereocenters. The van der Waals surface area contributed by atoms with E-state index >= 15 is 0 Å². The Morgan fingerprint density at radius 1 is 1.25 bits per heavy atom. The lowest BCUT2D eigenvalue weighted by atomic mass is 9.94. The number of hydrogen-bond acceptors (Lipinski definition) is 2. The Balaban J connectivity index is 2.90. The van der Waals surface area contributed by atoms with Crippen molar-refractivity contribution in [1.29, 1.82) is 0 Å². The lowest BCUT2D eigenvalue weighted by Crippen LogP contribution is -2.40. The molecule has 1 rings (SSSR count). The molecular weight excluding hydrogens is 278 g/mol. The summed E-state index contributed by atoms with van der Waals surface area (Å²) >= 11 is 6.10. The molecular formula is C15H20ClNO3. The van der Waals surface area contributed by atoms with E-state index < -0.39 is 11.4 Å². The highest BCUT2D eigenvalue weighted by atomic mass is 35.5. The highest BCUT2D eigenvalue weighted by molar-refractivity contribution is 6.31. The number of carboxylic acid groups (broad SMARTS) is 1. The Kier molecular flexibility index (Phi) is 5.57. The van der Waals surface area contributed by atoms with Crippen molar-refractivity contribution in [3.63, 3.8) is 0 Å². The molecule has 0 aliphatic carbocycles. The highest BCUT2D eigenvalue weighted by Crippen LogP contribution is 2.22. The average molecular weight is 298 g/mol. The van der Waals surface area contributed by atoms with Crippen LogP contribution in [0.1, 0.15) is 32.8 Å². The quantitative estimate of drug-likeness (QED) is 0.908. The lowest BCUT2D eigenvalue weighted by molar-refractivity contribution is -0.142. The van der Waals surface area contributed by atoms with Gasteiger partial charge in [0.2, 0.25) is 5.91 Å². The molecule has 1 amide bonds. The average Bonchev–Trinajstić information content (AvgIpc) is 2.34. The SMILES string of the molecule is CC(C)(C)C(=O)N(CCC(=O)O)Cc1ccccc1Cl. The first-order valence-electron chi connectivity index (χ1n) is 6.46. The third-order valence-electron chi connectivity index (χ3n) is 2.84. The molecule has 1 N–H and O–H groups in total. The first kappa shape index (κ1) is 16.5. The van der Waals surface area contributed by atoms with Crippen LogP contribution in [0.4, 0.5) is 0 Å². The zero-order valence-electron chi connectivity index (χ0n) is 12.0. The molecule has 1 aromatic rings. The first-order chi connectivity index (χ1) is 9.21. The molecule has 0 spiro atoms. The molecule has 0 saturated carbocycles. The number of halogens is 1. The van der Waals surface area contributed by atoms with Gasteiger partial charge in [0.15, 0.2) is 0 Å². The number of nitrogens with zero attached hydrogens (tertiary/aromatic N) is 1. The predicted octanol–water partition coefficient (Wildman–Crippen LogP) is 3.19. The molecule has 0 aliphatic heterocycles. The number of carbonyl (C=O) groups excluding carboxylic acids is 1. The zero-order valence-corrected chi connectivity index (χ0v) is 12.8. The predicted molar refractivity (Wildman–Crippen MR) is 78.6 cm³/mol. The molecule has 0 radical (unpaired) electrons. The molecule has 0 fully saturated rings. The van der Waals surface area contributed by atoms with Crippen molar-refractivity contribution in [3.8, 4) is 0 Å². The summed E-state index contributed by atoms with van der Waals surface area (Å²) in [6.07, 6.45) is -0.0771. The number of rotatable bonds is 5. The van der Waals surface area contributed by atoms with Crippen LogP contribution in [0, 0.1) is 5.41 Å². The van der Waals surface area contributed by atoms with Crippen LogP contribution in [0.2, 0.25) is 5.02 Å². The second-order valence-electron chi connectivity index (χ2n) is 5.71. The van der Waals surface area contributed by atoms with E-state index in [-0.39, 0.29) is 18.9 Å². The van der Waals surface area contributed by atoms with Crippen molar-refractivity contribution in [3.05, 3.63) is 34.9 Å². The molecule has 0 heterocycles. The van der Waals surface area contributed by atoms with E-state index in [0.717, 1.165) is 5.56 Å². The van der Waals surface area contributed by atoms with Crippen LogP contribution in [-0.4, -0.2) is 28.4 Å². The number of benzene rings is 1. The molecule has 0 aromatic heterocycles. The largest absolute Gasteiger partial charge is 0.481 e. The molecule has 0 saturated heterocycles. The van der Waals surface area contributed by atoms with Gasteiger partial charge in [-0.15, -0.1) is 0 Å². The van der Waals surface area contributed by atoms with Gasteiger partial charge in [0.25, 0.3) is 0 Å². The van der Waals surface area contributed by atoms with Crippen LogP contribution >= 0.6 is 11.6 Å². The summed E-state index contributed by atoms with van der Waals surface area (Å²) in [5.74, 6) is -1.01. The van der Waals surface area contributed by atoms with Crippen molar-refractivity contribution >= 4 is 23.5 Å². The van der Waals surface area contributed by atoms with Crippen LogP contribution < -0.4 is 0 Å². The van der Waals surface area contributed by atoms with E-state index in [4.69, 9.17) is 16.7 Å². The van der Waals surface area contributed by atoms with Crippen molar-refractivity contribution in [2.45, 2.75) is 33.7 Å². The van der Waals surface area contributed by atoms with Crippen LogP contribution in [0.15, 0.2) is 24.3 Å². The number of amides is 1. The van der Waals surface area contributed by atoms with Gasteiger partial charge in [-0.05, 0) is 11.6 Å². The molecule has 4 nitrogen and oxygen atoms in total. The maximum absolute atomic E-state index is 12.4. The standard InChI is InChI=1S/C15H20ClNO3/c1-15(2,3)14(20)17(9-8-13(18)19)10-11-6-4-5-7-12(11)16/h4-7H,8-10H2,1-3H3,(H,18,19). The summed E-state index contributed by atoms with van der Waals surface area (Å²) in [5.41, 5.74) is 0.261. The van der Waals surface area contributed by atoms with E-state index in [2.05, 4.69) is 0 Å². The minimum Gasteiger partial charge on any atom is -0.481 e. The maximum Gasteiger partial charge on any atom is 0.305 e. The molecule has 0 aliphatic rings. The van der Waals surface area contributed by atoms with Gasteiger partial charge in [-0.1, -0.05) is 50.6 Å².